The molecule has 0 unspecified atom stereocenters. The van der Waals surface area contributed by atoms with Gasteiger partial charge < -0.3 is 10.5 Å². The Morgan fingerprint density at radius 3 is 2.62 bits per heavy atom. The van der Waals surface area contributed by atoms with Crippen molar-refractivity contribution in [3.63, 3.8) is 0 Å². The first-order valence-electron chi connectivity index (χ1n) is 4.89. The van der Waals surface area contributed by atoms with Crippen LogP contribution in [-0.4, -0.2) is 6.61 Å². The number of benzene rings is 1. The maximum absolute atomic E-state index is 8.35. The SMILES string of the molecule is N#CCCCCOc1cc(Cl)c(Cl)cc1N. The molecule has 0 radical (unpaired) electrons. The highest BCUT2D eigenvalue weighted by Gasteiger charge is 2.05. The van der Waals surface area contributed by atoms with E-state index in [9.17, 15) is 0 Å². The van der Waals surface area contributed by atoms with Gasteiger partial charge in [-0.15, -0.1) is 0 Å². The third kappa shape index (κ3) is 3.80. The molecule has 5 heteroatoms. The molecule has 0 aromatic heterocycles. The summed E-state index contributed by atoms with van der Waals surface area (Å²) in [5, 5.41) is 9.18. The molecule has 0 saturated heterocycles. The van der Waals surface area contributed by atoms with Crippen LogP contribution in [0.25, 0.3) is 0 Å². The first-order chi connectivity index (χ1) is 7.65. The van der Waals surface area contributed by atoms with Crippen LogP contribution in [0.15, 0.2) is 12.1 Å². The van der Waals surface area contributed by atoms with Gasteiger partial charge in [0.2, 0.25) is 0 Å². The Morgan fingerprint density at radius 1 is 1.25 bits per heavy atom. The molecule has 3 nitrogen and oxygen atoms in total. The lowest BCUT2D eigenvalue weighted by molar-refractivity contribution is 0.309. The summed E-state index contributed by atoms with van der Waals surface area (Å²) in [6.07, 6.45) is 2.17. The number of hydrogen-bond acceptors (Lipinski definition) is 3. The van der Waals surface area contributed by atoms with Crippen molar-refractivity contribution in [2.45, 2.75) is 19.3 Å². The van der Waals surface area contributed by atoms with Gasteiger partial charge in [-0.1, -0.05) is 23.2 Å². The van der Waals surface area contributed by atoms with Crippen molar-refractivity contribution in [2.75, 3.05) is 12.3 Å². The average molecular weight is 259 g/mol. The Labute approximate surface area is 105 Å². The van der Waals surface area contributed by atoms with E-state index in [0.29, 0.717) is 34.5 Å². The highest BCUT2D eigenvalue weighted by Crippen LogP contribution is 2.32. The van der Waals surface area contributed by atoms with Crippen LogP contribution in [0.5, 0.6) is 5.75 Å². The molecule has 0 saturated carbocycles. The molecule has 86 valence electrons. The van der Waals surface area contributed by atoms with Gasteiger partial charge in [-0.05, 0) is 18.9 Å². The van der Waals surface area contributed by atoms with Crippen molar-refractivity contribution in [1.82, 2.24) is 0 Å². The van der Waals surface area contributed by atoms with E-state index in [4.69, 9.17) is 38.9 Å². The normalized spacial score (nSPS) is 9.81. The quantitative estimate of drug-likeness (QED) is 0.648. The van der Waals surface area contributed by atoms with Crippen molar-refractivity contribution in [3.05, 3.63) is 22.2 Å². The van der Waals surface area contributed by atoms with Crippen LogP contribution in [-0.2, 0) is 0 Å². The monoisotopic (exact) mass is 258 g/mol. The predicted octanol–water partition coefficient (Wildman–Crippen LogP) is 3.65. The number of rotatable bonds is 5. The average Bonchev–Trinajstić information content (AvgIpc) is 2.25. The molecule has 1 aromatic rings. The second-order valence-electron chi connectivity index (χ2n) is 3.27. The maximum atomic E-state index is 8.35. The third-order valence-electron chi connectivity index (χ3n) is 1.99. The van der Waals surface area contributed by atoms with Gasteiger partial charge in [-0.2, -0.15) is 5.26 Å². The Kier molecular flexibility index (Phi) is 5.24. The number of halogens is 2. The van der Waals surface area contributed by atoms with Gasteiger partial charge in [0.15, 0.2) is 0 Å². The molecule has 0 amide bonds. The molecule has 0 spiro atoms. The van der Waals surface area contributed by atoms with Crippen molar-refractivity contribution in [2.24, 2.45) is 0 Å². The largest absolute Gasteiger partial charge is 0.491 e. The minimum atomic E-state index is 0.413. The summed E-state index contributed by atoms with van der Waals surface area (Å²) in [7, 11) is 0. The van der Waals surface area contributed by atoms with E-state index in [1.165, 1.54) is 0 Å². The van der Waals surface area contributed by atoms with Gasteiger partial charge >= 0.3 is 0 Å². The fraction of sp³-hybridized carbons (Fsp3) is 0.364. The van der Waals surface area contributed by atoms with Crippen molar-refractivity contribution >= 4 is 28.9 Å². The van der Waals surface area contributed by atoms with Gasteiger partial charge in [0.25, 0.3) is 0 Å². The van der Waals surface area contributed by atoms with Crippen LogP contribution >= 0.6 is 23.2 Å². The molecule has 0 aliphatic rings. The lowest BCUT2D eigenvalue weighted by Gasteiger charge is -2.09. The Balaban J connectivity index is 2.48. The lowest BCUT2D eigenvalue weighted by Crippen LogP contribution is -2.00. The number of unbranched alkanes of at least 4 members (excludes halogenated alkanes) is 2. The first kappa shape index (κ1) is 13.0. The molecular weight excluding hydrogens is 247 g/mol. The van der Waals surface area contributed by atoms with Crippen LogP contribution in [0.1, 0.15) is 19.3 Å². The summed E-state index contributed by atoms with van der Waals surface area (Å²) in [6.45, 7) is 0.518. The molecule has 1 aromatic carbocycles. The minimum absolute atomic E-state index is 0.413. The Bertz CT molecular complexity index is 402. The molecular formula is C11H12Cl2N2O. The molecule has 0 heterocycles. The first-order valence-corrected chi connectivity index (χ1v) is 5.65. The molecule has 1 rings (SSSR count). The van der Waals surface area contributed by atoms with E-state index in [1.54, 1.807) is 12.1 Å². The summed E-state index contributed by atoms with van der Waals surface area (Å²) in [5.41, 5.74) is 6.18. The molecule has 16 heavy (non-hydrogen) atoms. The smallest absolute Gasteiger partial charge is 0.143 e. The van der Waals surface area contributed by atoms with E-state index in [1.807, 2.05) is 0 Å². The van der Waals surface area contributed by atoms with E-state index >= 15 is 0 Å². The number of anilines is 1. The van der Waals surface area contributed by atoms with Crippen molar-refractivity contribution < 1.29 is 4.74 Å². The zero-order chi connectivity index (χ0) is 12.0. The number of nitrogens with two attached hydrogens (primary N) is 1. The molecule has 0 aliphatic heterocycles. The summed E-state index contributed by atoms with van der Waals surface area (Å²) in [6, 6.07) is 5.24. The number of nitrogen functional groups attached to an aromatic ring is 1. The molecule has 0 bridgehead atoms. The van der Waals surface area contributed by atoms with Crippen LogP contribution in [0.4, 0.5) is 5.69 Å². The number of nitrogens with zero attached hydrogens (tertiary/aromatic N) is 1. The second kappa shape index (κ2) is 6.47. The molecule has 2 N–H and O–H groups in total. The number of ether oxygens (including phenoxy) is 1. The zero-order valence-corrected chi connectivity index (χ0v) is 10.2. The van der Waals surface area contributed by atoms with Crippen LogP contribution in [0.3, 0.4) is 0 Å². The topological polar surface area (TPSA) is 59.0 Å². The zero-order valence-electron chi connectivity index (χ0n) is 8.67. The number of nitriles is 1. The Morgan fingerprint density at radius 2 is 1.94 bits per heavy atom. The molecule has 0 aliphatic carbocycles. The van der Waals surface area contributed by atoms with Gasteiger partial charge in [-0.25, -0.2) is 0 Å². The molecule has 0 fully saturated rings. The van der Waals surface area contributed by atoms with Gasteiger partial charge in [0.05, 0.1) is 28.4 Å². The van der Waals surface area contributed by atoms with E-state index in [0.717, 1.165) is 12.8 Å². The Hall–Kier alpha value is -1.11. The standard InChI is InChI=1S/C11H12Cl2N2O/c12-8-6-10(15)11(7-9(8)13)16-5-3-1-2-4-14/h6-7H,1-3,5,15H2. The predicted molar refractivity (Wildman–Crippen MR) is 65.8 cm³/mol. The lowest BCUT2D eigenvalue weighted by atomic mass is 10.2. The van der Waals surface area contributed by atoms with Crippen molar-refractivity contribution in [3.8, 4) is 11.8 Å². The van der Waals surface area contributed by atoms with E-state index < -0.39 is 0 Å². The fourth-order valence-corrected chi connectivity index (χ4v) is 1.48. The van der Waals surface area contributed by atoms with E-state index in [2.05, 4.69) is 6.07 Å². The van der Waals surface area contributed by atoms with Gasteiger partial charge in [-0.3, -0.25) is 0 Å². The van der Waals surface area contributed by atoms with Crippen molar-refractivity contribution in [1.29, 1.82) is 5.26 Å². The minimum Gasteiger partial charge on any atom is -0.491 e. The summed E-state index contributed by atoms with van der Waals surface area (Å²) in [4.78, 5) is 0. The fourth-order valence-electron chi connectivity index (χ4n) is 1.16. The van der Waals surface area contributed by atoms with E-state index in [-0.39, 0.29) is 0 Å². The van der Waals surface area contributed by atoms with Crippen LogP contribution < -0.4 is 10.5 Å². The highest BCUT2D eigenvalue weighted by molar-refractivity contribution is 6.42. The second-order valence-corrected chi connectivity index (χ2v) is 4.08. The van der Waals surface area contributed by atoms with Gasteiger partial charge in [0, 0.05) is 12.5 Å². The number of hydrogen-bond donors (Lipinski definition) is 1. The summed E-state index contributed by atoms with van der Waals surface area (Å²) in [5.74, 6) is 0.534. The van der Waals surface area contributed by atoms with Crippen LogP contribution in [0, 0.1) is 11.3 Å². The maximum Gasteiger partial charge on any atom is 0.143 e. The summed E-state index contributed by atoms with van der Waals surface area (Å²) < 4.78 is 5.44. The van der Waals surface area contributed by atoms with Crippen LogP contribution in [0.2, 0.25) is 10.0 Å². The molecule has 0 atom stereocenters. The van der Waals surface area contributed by atoms with Gasteiger partial charge in [0.1, 0.15) is 5.75 Å². The summed E-state index contributed by atoms with van der Waals surface area (Å²) >= 11 is 11.6. The highest BCUT2D eigenvalue weighted by atomic mass is 35.5. The third-order valence-corrected chi connectivity index (χ3v) is 2.72.